The molecule has 3 heterocycles. The first kappa shape index (κ1) is 20.0. The van der Waals surface area contributed by atoms with Crippen molar-refractivity contribution in [2.75, 3.05) is 63.2 Å². The van der Waals surface area contributed by atoms with Gasteiger partial charge in [0.05, 0.1) is 18.4 Å². The molecule has 0 spiro atoms. The van der Waals surface area contributed by atoms with Crippen LogP contribution in [0.5, 0.6) is 0 Å². The Bertz CT molecular complexity index is 681. The highest BCUT2D eigenvalue weighted by Gasteiger charge is 2.37. The third kappa shape index (κ3) is 4.40. The summed E-state index contributed by atoms with van der Waals surface area (Å²) in [5, 5.41) is 7.55. The first-order chi connectivity index (χ1) is 12.9. The maximum absolute atomic E-state index is 12.7. The topological polar surface area (TPSA) is 69.0 Å². The lowest BCUT2D eigenvalue weighted by atomic mass is 9.98. The van der Waals surface area contributed by atoms with E-state index in [1.165, 1.54) is 5.75 Å². The number of piperazine rings is 1. The lowest BCUT2D eigenvalue weighted by Gasteiger charge is -2.37. The van der Waals surface area contributed by atoms with Gasteiger partial charge in [0.25, 0.3) is 0 Å². The summed E-state index contributed by atoms with van der Waals surface area (Å²) in [5.41, 5.74) is 0.978. The Kier molecular flexibility index (Phi) is 6.31. The van der Waals surface area contributed by atoms with E-state index in [-0.39, 0.29) is 11.4 Å². The highest BCUT2D eigenvalue weighted by Crippen LogP contribution is 2.32. The Morgan fingerprint density at radius 2 is 2.26 bits per heavy atom. The van der Waals surface area contributed by atoms with E-state index in [4.69, 9.17) is 4.99 Å². The number of aryl methyl sites for hydroxylation is 1. The predicted octanol–water partition coefficient (Wildman–Crippen LogP) is 0.472. The molecule has 1 unspecified atom stereocenters. The summed E-state index contributed by atoms with van der Waals surface area (Å²) in [7, 11) is 6.15. The van der Waals surface area contributed by atoms with Gasteiger partial charge < -0.3 is 20.0 Å². The van der Waals surface area contributed by atoms with E-state index in [9.17, 15) is 4.79 Å². The van der Waals surface area contributed by atoms with Crippen LogP contribution in [-0.4, -0.2) is 95.3 Å². The van der Waals surface area contributed by atoms with Crippen LogP contribution in [0.15, 0.2) is 17.4 Å². The van der Waals surface area contributed by atoms with Crippen molar-refractivity contribution in [3.8, 4) is 0 Å². The Morgan fingerprint density at radius 1 is 1.44 bits per heavy atom. The van der Waals surface area contributed by atoms with Crippen molar-refractivity contribution in [2.45, 2.75) is 18.9 Å². The summed E-state index contributed by atoms with van der Waals surface area (Å²) < 4.78 is 1.72. The quantitative estimate of drug-likeness (QED) is 0.579. The van der Waals surface area contributed by atoms with Crippen molar-refractivity contribution < 1.29 is 4.79 Å². The second-order valence-corrected chi connectivity index (χ2v) is 8.54. The van der Waals surface area contributed by atoms with Gasteiger partial charge in [0.1, 0.15) is 6.54 Å². The summed E-state index contributed by atoms with van der Waals surface area (Å²) >= 11 is 2.00. The van der Waals surface area contributed by atoms with Crippen LogP contribution in [0.25, 0.3) is 0 Å². The molecule has 150 valence electrons. The molecule has 2 fully saturated rings. The number of guanidine groups is 1. The molecular weight excluding hydrogens is 362 g/mol. The molecule has 3 rings (SSSR count). The van der Waals surface area contributed by atoms with Gasteiger partial charge in [-0.05, 0) is 33.2 Å². The molecular formula is C18H31N7OS. The third-order valence-electron chi connectivity index (χ3n) is 5.41. The first-order valence-corrected chi connectivity index (χ1v) is 10.7. The number of aliphatic imine (C=N–C) groups is 1. The number of likely N-dealkylation sites (N-methyl/N-ethyl adjacent to an activating group) is 1. The first-order valence-electron chi connectivity index (χ1n) is 9.52. The molecule has 2 saturated heterocycles. The molecule has 8 nitrogen and oxygen atoms in total. The van der Waals surface area contributed by atoms with Gasteiger partial charge in [0, 0.05) is 44.2 Å². The van der Waals surface area contributed by atoms with E-state index in [2.05, 4.69) is 41.2 Å². The van der Waals surface area contributed by atoms with Crippen LogP contribution in [0, 0.1) is 0 Å². The lowest BCUT2D eigenvalue weighted by molar-refractivity contribution is -0.120. The van der Waals surface area contributed by atoms with E-state index >= 15 is 0 Å². The highest BCUT2D eigenvalue weighted by molar-refractivity contribution is 7.99. The summed E-state index contributed by atoms with van der Waals surface area (Å²) in [6.45, 7) is 5.35. The summed E-state index contributed by atoms with van der Waals surface area (Å²) in [5.74, 6) is 3.22. The van der Waals surface area contributed by atoms with Gasteiger partial charge in [-0.25, -0.2) is 0 Å². The second-order valence-electron chi connectivity index (χ2n) is 7.43. The van der Waals surface area contributed by atoms with Crippen molar-refractivity contribution in [3.05, 3.63) is 12.4 Å². The molecule has 1 N–H and O–H groups in total. The van der Waals surface area contributed by atoms with Gasteiger partial charge in [0.15, 0.2) is 5.96 Å². The number of hydrogen-bond donors (Lipinski definition) is 1. The fraction of sp³-hybridized carbons (Fsp3) is 0.722. The smallest absolute Gasteiger partial charge is 0.246 e. The Balaban J connectivity index is 1.69. The minimum Gasteiger partial charge on any atom is -0.357 e. The van der Waals surface area contributed by atoms with Crippen LogP contribution in [0.4, 0.5) is 5.69 Å². The van der Waals surface area contributed by atoms with Crippen molar-refractivity contribution in [2.24, 2.45) is 12.0 Å². The average Bonchev–Trinajstić information content (AvgIpc) is 3.28. The van der Waals surface area contributed by atoms with Crippen molar-refractivity contribution >= 4 is 29.3 Å². The van der Waals surface area contributed by atoms with E-state index in [0.29, 0.717) is 13.1 Å². The number of rotatable bonds is 5. The van der Waals surface area contributed by atoms with Crippen molar-refractivity contribution in [3.63, 3.8) is 0 Å². The molecule has 0 aliphatic carbocycles. The van der Waals surface area contributed by atoms with E-state index in [1.54, 1.807) is 10.9 Å². The number of anilines is 1. The van der Waals surface area contributed by atoms with Crippen LogP contribution in [0.1, 0.15) is 13.3 Å². The van der Waals surface area contributed by atoms with Gasteiger partial charge in [-0.15, -0.1) is 0 Å². The Labute approximate surface area is 166 Å². The molecule has 9 heteroatoms. The molecule has 1 atom stereocenters. The fourth-order valence-corrected chi connectivity index (χ4v) is 5.08. The van der Waals surface area contributed by atoms with E-state index in [0.717, 1.165) is 43.5 Å². The van der Waals surface area contributed by atoms with Gasteiger partial charge in [-0.1, -0.05) is 0 Å². The summed E-state index contributed by atoms with van der Waals surface area (Å²) in [6, 6.07) is 0. The Morgan fingerprint density at radius 3 is 2.81 bits per heavy atom. The molecule has 1 aromatic heterocycles. The number of carbonyl (C=O) groups is 1. The summed E-state index contributed by atoms with van der Waals surface area (Å²) in [4.78, 5) is 23.8. The van der Waals surface area contributed by atoms with Gasteiger partial charge in [-0.2, -0.15) is 16.9 Å². The van der Waals surface area contributed by atoms with Crippen LogP contribution >= 0.6 is 11.8 Å². The number of nitrogens with one attached hydrogen (secondary N) is 1. The molecule has 27 heavy (non-hydrogen) atoms. The molecule has 0 radical (unpaired) electrons. The summed E-state index contributed by atoms with van der Waals surface area (Å²) in [6.07, 6.45) is 4.78. The standard InChI is InChI=1S/C18H31N7OS/c1-5-19-17(20-13-18(22(2)3)6-9-27-14-18)24-7-8-25(16(26)12-24)15-10-21-23(4)11-15/h10-11H,5-9,12-14H2,1-4H3,(H,19,20). The van der Waals surface area contributed by atoms with Crippen LogP contribution in [0.3, 0.4) is 0 Å². The molecule has 0 aromatic carbocycles. The van der Waals surface area contributed by atoms with E-state index < -0.39 is 0 Å². The molecule has 0 saturated carbocycles. The minimum absolute atomic E-state index is 0.0820. The number of aromatic nitrogens is 2. The molecule has 0 bridgehead atoms. The van der Waals surface area contributed by atoms with Gasteiger partial charge in [-0.3, -0.25) is 14.5 Å². The maximum Gasteiger partial charge on any atom is 0.246 e. The predicted molar refractivity (Wildman–Crippen MR) is 111 cm³/mol. The monoisotopic (exact) mass is 393 g/mol. The Hall–Kier alpha value is -1.74. The van der Waals surface area contributed by atoms with Gasteiger partial charge >= 0.3 is 0 Å². The number of hydrogen-bond acceptors (Lipinski definition) is 5. The van der Waals surface area contributed by atoms with Crippen LogP contribution in [0.2, 0.25) is 0 Å². The molecule has 1 aromatic rings. The fourth-order valence-electron chi connectivity index (χ4n) is 3.54. The normalized spacial score (nSPS) is 24.2. The van der Waals surface area contributed by atoms with Crippen LogP contribution < -0.4 is 10.2 Å². The zero-order chi connectivity index (χ0) is 19.4. The number of carbonyl (C=O) groups excluding carboxylic acids is 1. The zero-order valence-corrected chi connectivity index (χ0v) is 17.6. The minimum atomic E-state index is 0.0820. The largest absolute Gasteiger partial charge is 0.357 e. The van der Waals surface area contributed by atoms with Crippen LogP contribution in [-0.2, 0) is 11.8 Å². The van der Waals surface area contributed by atoms with Crippen molar-refractivity contribution in [1.29, 1.82) is 0 Å². The highest BCUT2D eigenvalue weighted by atomic mass is 32.2. The maximum atomic E-state index is 12.7. The second kappa shape index (κ2) is 8.52. The van der Waals surface area contributed by atoms with Crippen molar-refractivity contribution in [1.82, 2.24) is 24.9 Å². The molecule has 1 amide bonds. The number of amides is 1. The SMILES string of the molecule is CCNC(=NCC1(N(C)C)CCSC1)N1CCN(c2cnn(C)c2)C(=O)C1. The van der Waals surface area contributed by atoms with E-state index in [1.807, 2.05) is 29.9 Å². The molecule has 2 aliphatic rings. The van der Waals surface area contributed by atoms with Gasteiger partial charge in [0.2, 0.25) is 5.91 Å². The third-order valence-corrected chi connectivity index (χ3v) is 6.65. The zero-order valence-electron chi connectivity index (χ0n) is 16.8. The lowest BCUT2D eigenvalue weighted by Crippen LogP contribution is -2.56. The number of thioether (sulfide) groups is 1. The average molecular weight is 394 g/mol. The molecule has 2 aliphatic heterocycles. The number of nitrogens with zero attached hydrogens (tertiary/aromatic N) is 6.